The third kappa shape index (κ3) is 5.09. The highest BCUT2D eigenvalue weighted by Crippen LogP contribution is 2.16. The highest BCUT2D eigenvalue weighted by molar-refractivity contribution is 6.01. The molecule has 0 aliphatic heterocycles. The number of carbonyl (C=O) groups excluding carboxylic acids is 2. The van der Waals surface area contributed by atoms with E-state index in [1.807, 2.05) is 6.92 Å². The summed E-state index contributed by atoms with van der Waals surface area (Å²) >= 11 is 0. The molecule has 0 saturated heterocycles. The Bertz CT molecular complexity index is 444. The third-order valence-electron chi connectivity index (χ3n) is 2.67. The molecule has 0 radical (unpaired) electrons. The number of anilines is 1. The van der Waals surface area contributed by atoms with Crippen molar-refractivity contribution in [2.45, 2.75) is 32.2 Å². The second-order valence-electron chi connectivity index (χ2n) is 4.45. The summed E-state index contributed by atoms with van der Waals surface area (Å²) in [6.07, 6.45) is 1.91. The molecule has 1 amide bonds. The first kappa shape index (κ1) is 15.2. The highest BCUT2D eigenvalue weighted by atomic mass is 16.5. The zero-order valence-corrected chi connectivity index (χ0v) is 11.3. The molecular weight excluding hydrogens is 244 g/mol. The summed E-state index contributed by atoms with van der Waals surface area (Å²) < 4.78 is 4.66. The van der Waals surface area contributed by atoms with E-state index in [0.29, 0.717) is 17.7 Å². The molecule has 5 heteroatoms. The van der Waals surface area contributed by atoms with E-state index in [9.17, 15) is 9.59 Å². The number of rotatable bonds is 6. The number of methoxy groups -OCH3 is 1. The number of nitrogens with one attached hydrogen (secondary N) is 1. The lowest BCUT2D eigenvalue weighted by Gasteiger charge is -2.10. The number of esters is 1. The molecule has 0 heterocycles. The van der Waals surface area contributed by atoms with E-state index in [0.717, 1.165) is 12.8 Å². The van der Waals surface area contributed by atoms with Crippen molar-refractivity contribution in [3.8, 4) is 0 Å². The number of hydrogen-bond acceptors (Lipinski definition) is 4. The fourth-order valence-corrected chi connectivity index (χ4v) is 1.68. The summed E-state index contributed by atoms with van der Waals surface area (Å²) in [7, 11) is 1.31. The average Bonchev–Trinajstić information content (AvgIpc) is 2.38. The largest absolute Gasteiger partial charge is 0.465 e. The molecule has 1 unspecified atom stereocenters. The second-order valence-corrected chi connectivity index (χ2v) is 4.45. The number of benzene rings is 1. The van der Waals surface area contributed by atoms with Crippen LogP contribution in [0.15, 0.2) is 24.3 Å². The first-order valence-electron chi connectivity index (χ1n) is 6.27. The van der Waals surface area contributed by atoms with E-state index in [2.05, 4.69) is 10.1 Å². The van der Waals surface area contributed by atoms with E-state index in [4.69, 9.17) is 5.73 Å². The van der Waals surface area contributed by atoms with Gasteiger partial charge in [0.15, 0.2) is 0 Å². The Hall–Kier alpha value is -1.88. The standard InChI is InChI=1S/C14H20N2O3/c1-10(15)6-5-9-13(17)16-12-8-4-3-7-11(12)14(18)19-2/h3-4,7-8,10H,5-6,9,15H2,1-2H3,(H,16,17). The van der Waals surface area contributed by atoms with Gasteiger partial charge in [-0.05, 0) is 31.9 Å². The van der Waals surface area contributed by atoms with Crippen LogP contribution < -0.4 is 11.1 Å². The summed E-state index contributed by atoms with van der Waals surface area (Å²) in [5, 5.41) is 2.72. The number of nitrogens with two attached hydrogens (primary N) is 1. The molecular formula is C14H20N2O3. The van der Waals surface area contributed by atoms with Gasteiger partial charge >= 0.3 is 5.97 Å². The molecule has 19 heavy (non-hydrogen) atoms. The fraction of sp³-hybridized carbons (Fsp3) is 0.429. The molecule has 0 saturated carbocycles. The molecule has 1 aromatic carbocycles. The lowest BCUT2D eigenvalue weighted by molar-refractivity contribution is -0.116. The van der Waals surface area contributed by atoms with Gasteiger partial charge in [-0.25, -0.2) is 4.79 Å². The van der Waals surface area contributed by atoms with Crippen LogP contribution in [-0.2, 0) is 9.53 Å². The van der Waals surface area contributed by atoms with Gasteiger partial charge in [-0.15, -0.1) is 0 Å². The maximum absolute atomic E-state index is 11.8. The van der Waals surface area contributed by atoms with Crippen LogP contribution in [0.2, 0.25) is 0 Å². The first-order chi connectivity index (χ1) is 9.04. The predicted octanol–water partition coefficient (Wildman–Crippen LogP) is 1.93. The van der Waals surface area contributed by atoms with E-state index in [1.54, 1.807) is 24.3 Å². The van der Waals surface area contributed by atoms with Crippen molar-refractivity contribution in [3.05, 3.63) is 29.8 Å². The minimum Gasteiger partial charge on any atom is -0.465 e. The van der Waals surface area contributed by atoms with E-state index in [1.165, 1.54) is 7.11 Å². The fourth-order valence-electron chi connectivity index (χ4n) is 1.68. The van der Waals surface area contributed by atoms with Gasteiger partial charge in [0, 0.05) is 12.5 Å². The minimum atomic E-state index is -0.466. The lowest BCUT2D eigenvalue weighted by Crippen LogP contribution is -2.18. The number of amides is 1. The molecule has 104 valence electrons. The van der Waals surface area contributed by atoms with Crippen molar-refractivity contribution in [1.29, 1.82) is 0 Å². The Morgan fingerprint density at radius 3 is 2.68 bits per heavy atom. The van der Waals surface area contributed by atoms with Crippen molar-refractivity contribution in [3.63, 3.8) is 0 Å². The number of carbonyl (C=O) groups is 2. The van der Waals surface area contributed by atoms with Crippen LogP contribution in [0.25, 0.3) is 0 Å². The number of hydrogen-bond donors (Lipinski definition) is 2. The SMILES string of the molecule is COC(=O)c1ccccc1NC(=O)CCCC(C)N. The van der Waals surface area contributed by atoms with Crippen molar-refractivity contribution in [2.24, 2.45) is 5.73 Å². The predicted molar refractivity (Wildman–Crippen MR) is 73.9 cm³/mol. The van der Waals surface area contributed by atoms with Crippen molar-refractivity contribution < 1.29 is 14.3 Å². The van der Waals surface area contributed by atoms with Crippen LogP contribution in [-0.4, -0.2) is 25.0 Å². The summed E-state index contributed by atoms with van der Waals surface area (Å²) in [6.45, 7) is 1.91. The van der Waals surface area contributed by atoms with Gasteiger partial charge in [0.1, 0.15) is 0 Å². The third-order valence-corrected chi connectivity index (χ3v) is 2.67. The van der Waals surface area contributed by atoms with Crippen LogP contribution in [0, 0.1) is 0 Å². The molecule has 5 nitrogen and oxygen atoms in total. The van der Waals surface area contributed by atoms with Gasteiger partial charge in [0.2, 0.25) is 5.91 Å². The Kier molecular flexibility index (Phi) is 6.02. The smallest absolute Gasteiger partial charge is 0.339 e. The average molecular weight is 264 g/mol. The van der Waals surface area contributed by atoms with Crippen LogP contribution >= 0.6 is 0 Å². The zero-order chi connectivity index (χ0) is 14.3. The molecule has 0 aliphatic carbocycles. The number of para-hydroxylation sites is 1. The van der Waals surface area contributed by atoms with Crippen molar-refractivity contribution in [2.75, 3.05) is 12.4 Å². The minimum absolute atomic E-state index is 0.0927. The Balaban J connectivity index is 2.61. The molecule has 0 aromatic heterocycles. The van der Waals surface area contributed by atoms with Gasteiger partial charge in [0.25, 0.3) is 0 Å². The molecule has 0 spiro atoms. The molecule has 0 bridgehead atoms. The zero-order valence-electron chi connectivity index (χ0n) is 11.3. The molecule has 0 fully saturated rings. The summed E-state index contributed by atoms with van der Waals surface area (Å²) in [5.74, 6) is -0.594. The summed E-state index contributed by atoms with van der Waals surface area (Å²) in [5.41, 5.74) is 6.44. The molecule has 0 aliphatic rings. The monoisotopic (exact) mass is 264 g/mol. The maximum atomic E-state index is 11.8. The molecule has 3 N–H and O–H groups in total. The Morgan fingerprint density at radius 2 is 2.05 bits per heavy atom. The van der Waals surface area contributed by atoms with Gasteiger partial charge in [-0.1, -0.05) is 12.1 Å². The van der Waals surface area contributed by atoms with E-state index < -0.39 is 5.97 Å². The Labute approximate surface area is 113 Å². The number of ether oxygens (including phenoxy) is 1. The van der Waals surface area contributed by atoms with Crippen LogP contribution in [0.4, 0.5) is 5.69 Å². The van der Waals surface area contributed by atoms with Gasteiger partial charge in [0.05, 0.1) is 18.4 Å². The van der Waals surface area contributed by atoms with Gasteiger partial charge < -0.3 is 15.8 Å². The Morgan fingerprint density at radius 1 is 1.37 bits per heavy atom. The van der Waals surface area contributed by atoms with Crippen LogP contribution in [0.5, 0.6) is 0 Å². The maximum Gasteiger partial charge on any atom is 0.339 e. The highest BCUT2D eigenvalue weighted by Gasteiger charge is 2.12. The lowest BCUT2D eigenvalue weighted by atomic mass is 10.1. The van der Waals surface area contributed by atoms with Crippen LogP contribution in [0.1, 0.15) is 36.5 Å². The van der Waals surface area contributed by atoms with Crippen molar-refractivity contribution in [1.82, 2.24) is 0 Å². The van der Waals surface area contributed by atoms with Gasteiger partial charge in [-0.3, -0.25) is 4.79 Å². The summed E-state index contributed by atoms with van der Waals surface area (Å²) in [4.78, 5) is 23.3. The molecule has 1 rings (SSSR count). The summed E-state index contributed by atoms with van der Waals surface area (Å²) in [6, 6.07) is 6.86. The first-order valence-corrected chi connectivity index (χ1v) is 6.27. The topological polar surface area (TPSA) is 81.4 Å². The normalized spacial score (nSPS) is 11.7. The van der Waals surface area contributed by atoms with Gasteiger partial charge in [-0.2, -0.15) is 0 Å². The van der Waals surface area contributed by atoms with Crippen LogP contribution in [0.3, 0.4) is 0 Å². The quantitative estimate of drug-likeness (QED) is 0.769. The molecule has 1 atom stereocenters. The molecule has 1 aromatic rings. The van der Waals surface area contributed by atoms with Crippen molar-refractivity contribution >= 4 is 17.6 Å². The second kappa shape index (κ2) is 7.53. The van der Waals surface area contributed by atoms with E-state index >= 15 is 0 Å². The van der Waals surface area contributed by atoms with E-state index in [-0.39, 0.29) is 11.9 Å².